The van der Waals surface area contributed by atoms with E-state index < -0.39 is 0 Å². The molecule has 0 aliphatic heterocycles. The number of aromatic amines is 1. The van der Waals surface area contributed by atoms with Gasteiger partial charge in [0.05, 0.1) is 19.8 Å². The Kier molecular flexibility index (Phi) is 2.75. The van der Waals surface area contributed by atoms with Gasteiger partial charge in [-0.25, -0.2) is 15.0 Å². The molecule has 0 amide bonds. The standard InChI is InChI=1S/C13H12N4O2/c1-18-9-5-3-4-8(10(9)19-2)11-16-12-13(17-11)15-7-6-14-12/h3-7H,1-2H3,(H,14,15,16,17). The Balaban J connectivity index is 2.20. The molecule has 0 aliphatic rings. The Morgan fingerprint density at radius 1 is 1.05 bits per heavy atom. The Bertz CT molecular complexity index is 690. The third-order valence-corrected chi connectivity index (χ3v) is 2.79. The molecule has 0 bridgehead atoms. The smallest absolute Gasteiger partial charge is 0.197 e. The maximum Gasteiger partial charge on any atom is 0.197 e. The highest BCUT2D eigenvalue weighted by atomic mass is 16.5. The van der Waals surface area contributed by atoms with Crippen molar-refractivity contribution in [3.63, 3.8) is 0 Å². The van der Waals surface area contributed by atoms with Gasteiger partial charge in [0.2, 0.25) is 0 Å². The van der Waals surface area contributed by atoms with E-state index in [0.29, 0.717) is 28.6 Å². The van der Waals surface area contributed by atoms with E-state index in [1.807, 2.05) is 18.2 Å². The fourth-order valence-electron chi connectivity index (χ4n) is 1.95. The predicted molar refractivity (Wildman–Crippen MR) is 70.2 cm³/mol. The second-order valence-electron chi connectivity index (χ2n) is 3.86. The number of fused-ring (bicyclic) bond motifs is 1. The molecule has 2 heterocycles. The monoisotopic (exact) mass is 256 g/mol. The summed E-state index contributed by atoms with van der Waals surface area (Å²) in [6, 6.07) is 5.62. The van der Waals surface area contributed by atoms with Crippen molar-refractivity contribution in [3.05, 3.63) is 30.6 Å². The van der Waals surface area contributed by atoms with Crippen molar-refractivity contribution in [2.24, 2.45) is 0 Å². The van der Waals surface area contributed by atoms with E-state index in [0.717, 1.165) is 5.56 Å². The van der Waals surface area contributed by atoms with Crippen LogP contribution in [0.2, 0.25) is 0 Å². The number of nitrogens with one attached hydrogen (secondary N) is 1. The zero-order valence-corrected chi connectivity index (χ0v) is 10.5. The topological polar surface area (TPSA) is 72.9 Å². The highest BCUT2D eigenvalue weighted by Crippen LogP contribution is 2.36. The van der Waals surface area contributed by atoms with Crippen molar-refractivity contribution in [1.82, 2.24) is 19.9 Å². The van der Waals surface area contributed by atoms with Gasteiger partial charge in [0.1, 0.15) is 5.82 Å². The summed E-state index contributed by atoms with van der Waals surface area (Å²) in [4.78, 5) is 15.8. The number of aromatic nitrogens is 4. The van der Waals surface area contributed by atoms with Gasteiger partial charge in [0.25, 0.3) is 0 Å². The van der Waals surface area contributed by atoms with Crippen LogP contribution in [0.4, 0.5) is 0 Å². The first-order valence-corrected chi connectivity index (χ1v) is 5.71. The zero-order valence-electron chi connectivity index (χ0n) is 10.5. The Labute approximate surface area is 109 Å². The molecule has 0 spiro atoms. The maximum atomic E-state index is 5.39. The Hall–Kier alpha value is -2.63. The lowest BCUT2D eigenvalue weighted by molar-refractivity contribution is 0.356. The number of H-pyrrole nitrogens is 1. The van der Waals surface area contributed by atoms with Crippen LogP contribution >= 0.6 is 0 Å². The fraction of sp³-hybridized carbons (Fsp3) is 0.154. The number of para-hydroxylation sites is 1. The van der Waals surface area contributed by atoms with E-state index in [4.69, 9.17) is 9.47 Å². The van der Waals surface area contributed by atoms with Crippen molar-refractivity contribution in [1.29, 1.82) is 0 Å². The van der Waals surface area contributed by atoms with Crippen LogP contribution in [0, 0.1) is 0 Å². The number of benzene rings is 1. The summed E-state index contributed by atoms with van der Waals surface area (Å²) >= 11 is 0. The third kappa shape index (κ3) is 1.87. The first-order chi connectivity index (χ1) is 9.33. The van der Waals surface area contributed by atoms with Gasteiger partial charge < -0.3 is 14.5 Å². The number of nitrogens with zero attached hydrogens (tertiary/aromatic N) is 3. The lowest BCUT2D eigenvalue weighted by Gasteiger charge is -2.10. The van der Waals surface area contributed by atoms with Crippen LogP contribution < -0.4 is 9.47 Å². The van der Waals surface area contributed by atoms with E-state index in [-0.39, 0.29) is 0 Å². The van der Waals surface area contributed by atoms with E-state index in [2.05, 4.69) is 19.9 Å². The highest BCUT2D eigenvalue weighted by Gasteiger charge is 2.15. The van der Waals surface area contributed by atoms with Gasteiger partial charge in [-0.15, -0.1) is 0 Å². The lowest BCUT2D eigenvalue weighted by atomic mass is 10.2. The van der Waals surface area contributed by atoms with Gasteiger partial charge in [-0.3, -0.25) is 0 Å². The largest absolute Gasteiger partial charge is 0.493 e. The molecule has 96 valence electrons. The number of imidazole rings is 1. The number of ether oxygens (including phenoxy) is 2. The molecule has 19 heavy (non-hydrogen) atoms. The molecule has 0 aliphatic carbocycles. The van der Waals surface area contributed by atoms with Crippen LogP contribution in [-0.2, 0) is 0 Å². The molecule has 1 N–H and O–H groups in total. The second kappa shape index (κ2) is 4.56. The average molecular weight is 256 g/mol. The van der Waals surface area contributed by atoms with E-state index >= 15 is 0 Å². The summed E-state index contributed by atoms with van der Waals surface area (Å²) in [7, 11) is 3.20. The van der Waals surface area contributed by atoms with Crippen LogP contribution in [0.3, 0.4) is 0 Å². The van der Waals surface area contributed by atoms with Crippen LogP contribution in [0.15, 0.2) is 30.6 Å². The lowest BCUT2D eigenvalue weighted by Crippen LogP contribution is -1.93. The third-order valence-electron chi connectivity index (χ3n) is 2.79. The number of hydrogen-bond acceptors (Lipinski definition) is 5. The van der Waals surface area contributed by atoms with E-state index in [1.165, 1.54) is 0 Å². The van der Waals surface area contributed by atoms with Gasteiger partial charge in [-0.05, 0) is 12.1 Å². The maximum absolute atomic E-state index is 5.39. The minimum absolute atomic E-state index is 0.572. The number of methoxy groups -OCH3 is 2. The summed E-state index contributed by atoms with van der Waals surface area (Å²) in [6.45, 7) is 0. The van der Waals surface area contributed by atoms with Gasteiger partial charge in [-0.1, -0.05) is 6.07 Å². The predicted octanol–water partition coefficient (Wildman–Crippen LogP) is 2.04. The van der Waals surface area contributed by atoms with Crippen LogP contribution in [0.1, 0.15) is 0 Å². The number of rotatable bonds is 3. The highest BCUT2D eigenvalue weighted by molar-refractivity contribution is 5.76. The molecule has 3 rings (SSSR count). The molecular weight excluding hydrogens is 244 g/mol. The quantitative estimate of drug-likeness (QED) is 0.776. The molecule has 3 aromatic rings. The van der Waals surface area contributed by atoms with Crippen molar-refractivity contribution in [2.75, 3.05) is 14.2 Å². The molecule has 0 saturated carbocycles. The molecule has 2 aromatic heterocycles. The number of hydrogen-bond donors (Lipinski definition) is 1. The normalized spacial score (nSPS) is 10.6. The molecule has 0 radical (unpaired) electrons. The molecule has 0 fully saturated rings. The van der Waals surface area contributed by atoms with E-state index in [1.54, 1.807) is 26.6 Å². The zero-order chi connectivity index (χ0) is 13.2. The Morgan fingerprint density at radius 3 is 2.63 bits per heavy atom. The molecule has 6 nitrogen and oxygen atoms in total. The molecule has 0 atom stereocenters. The minimum atomic E-state index is 0.572. The average Bonchev–Trinajstić information content (AvgIpc) is 2.89. The van der Waals surface area contributed by atoms with Crippen LogP contribution in [0.25, 0.3) is 22.7 Å². The molecule has 6 heteroatoms. The van der Waals surface area contributed by atoms with Crippen molar-refractivity contribution in [3.8, 4) is 22.9 Å². The second-order valence-corrected chi connectivity index (χ2v) is 3.86. The summed E-state index contributed by atoms with van der Waals surface area (Å²) in [5, 5.41) is 0. The van der Waals surface area contributed by atoms with Crippen molar-refractivity contribution in [2.45, 2.75) is 0 Å². The SMILES string of the molecule is COc1cccc(-c2nc3nccnc3[nH]2)c1OC. The summed E-state index contributed by atoms with van der Waals surface area (Å²) in [5.41, 5.74) is 2.02. The van der Waals surface area contributed by atoms with E-state index in [9.17, 15) is 0 Å². The summed E-state index contributed by atoms with van der Waals surface area (Å²) < 4.78 is 10.7. The molecule has 0 saturated heterocycles. The summed E-state index contributed by atoms with van der Waals surface area (Å²) in [5.74, 6) is 1.93. The Morgan fingerprint density at radius 2 is 1.89 bits per heavy atom. The molecular formula is C13H12N4O2. The molecule has 0 unspecified atom stereocenters. The van der Waals surface area contributed by atoms with Gasteiger partial charge in [0, 0.05) is 12.4 Å². The summed E-state index contributed by atoms with van der Waals surface area (Å²) in [6.07, 6.45) is 3.23. The molecule has 1 aromatic carbocycles. The van der Waals surface area contributed by atoms with Crippen LogP contribution in [-0.4, -0.2) is 34.2 Å². The van der Waals surface area contributed by atoms with Gasteiger partial charge in [-0.2, -0.15) is 0 Å². The van der Waals surface area contributed by atoms with Gasteiger partial charge >= 0.3 is 0 Å². The first-order valence-electron chi connectivity index (χ1n) is 5.71. The fourth-order valence-corrected chi connectivity index (χ4v) is 1.95. The first kappa shape index (κ1) is 11.5. The van der Waals surface area contributed by atoms with Gasteiger partial charge in [0.15, 0.2) is 22.8 Å². The minimum Gasteiger partial charge on any atom is -0.493 e. The van der Waals surface area contributed by atoms with Crippen LogP contribution in [0.5, 0.6) is 11.5 Å². The van der Waals surface area contributed by atoms with Crippen molar-refractivity contribution >= 4 is 11.3 Å². The van der Waals surface area contributed by atoms with Crippen molar-refractivity contribution < 1.29 is 9.47 Å².